The summed E-state index contributed by atoms with van der Waals surface area (Å²) >= 11 is 0. The van der Waals surface area contributed by atoms with E-state index >= 15 is 0 Å². The van der Waals surface area contributed by atoms with Gasteiger partial charge < -0.3 is 15.0 Å². The van der Waals surface area contributed by atoms with Crippen LogP contribution in [-0.4, -0.2) is 64.9 Å². The minimum atomic E-state index is 0. The molecule has 1 N–H and O–H groups in total. The molecule has 1 saturated heterocycles. The first-order valence-electron chi connectivity index (χ1n) is 10.7. The number of fused-ring (bicyclic) bond motifs is 1. The summed E-state index contributed by atoms with van der Waals surface area (Å²) in [6, 6.07) is 5.96. The van der Waals surface area contributed by atoms with Gasteiger partial charge in [-0.05, 0) is 43.7 Å². The lowest BCUT2D eigenvalue weighted by Gasteiger charge is -2.34. The predicted molar refractivity (Wildman–Crippen MR) is 126 cm³/mol. The summed E-state index contributed by atoms with van der Waals surface area (Å²) in [7, 11) is 1.86. The molecule has 1 aliphatic heterocycles. The second-order valence-corrected chi connectivity index (χ2v) is 7.94. The molecule has 7 nitrogen and oxygen atoms in total. The first kappa shape index (κ1) is 22.3. The Kier molecular flexibility index (Phi) is 8.53. The second kappa shape index (κ2) is 11.1. The van der Waals surface area contributed by atoms with Crippen molar-refractivity contribution in [1.29, 1.82) is 0 Å². The first-order chi connectivity index (χ1) is 13.8. The van der Waals surface area contributed by atoms with E-state index in [0.29, 0.717) is 6.10 Å². The Morgan fingerprint density at radius 3 is 2.72 bits per heavy atom. The summed E-state index contributed by atoms with van der Waals surface area (Å²) < 4.78 is 8.23. The number of rotatable bonds is 6. The largest absolute Gasteiger partial charge is 0.378 e. The average molecular weight is 512 g/mol. The molecule has 0 radical (unpaired) electrons. The molecule has 29 heavy (non-hydrogen) atoms. The molecule has 2 fully saturated rings. The molecule has 2 aromatic rings. The van der Waals surface area contributed by atoms with Gasteiger partial charge in [-0.2, -0.15) is 0 Å². The van der Waals surface area contributed by atoms with Crippen LogP contribution in [-0.2, 0) is 11.2 Å². The third-order valence-electron chi connectivity index (χ3n) is 6.01. The molecule has 0 bridgehead atoms. The SMILES string of the molecule is CN=C(NCCc1nnc2ccccn12)N1CCC(OCC2CCCC2)CC1.I. The van der Waals surface area contributed by atoms with Crippen LogP contribution < -0.4 is 5.32 Å². The lowest BCUT2D eigenvalue weighted by atomic mass is 10.1. The van der Waals surface area contributed by atoms with E-state index in [1.165, 1.54) is 25.7 Å². The Bertz CT molecular complexity index is 780. The number of ether oxygens (including phenoxy) is 1. The van der Waals surface area contributed by atoms with E-state index in [0.717, 1.165) is 68.9 Å². The molecule has 2 aliphatic rings. The van der Waals surface area contributed by atoms with E-state index in [1.54, 1.807) is 0 Å². The number of guanidine groups is 1. The van der Waals surface area contributed by atoms with Gasteiger partial charge in [0.2, 0.25) is 0 Å². The van der Waals surface area contributed by atoms with Gasteiger partial charge in [0.1, 0.15) is 5.82 Å². The van der Waals surface area contributed by atoms with Gasteiger partial charge in [-0.3, -0.25) is 9.39 Å². The van der Waals surface area contributed by atoms with Crippen LogP contribution in [0.3, 0.4) is 0 Å². The third kappa shape index (κ3) is 5.81. The summed E-state index contributed by atoms with van der Waals surface area (Å²) in [5.41, 5.74) is 0.890. The van der Waals surface area contributed by atoms with Crippen molar-refractivity contribution in [3.8, 4) is 0 Å². The first-order valence-corrected chi connectivity index (χ1v) is 10.7. The zero-order valence-corrected chi connectivity index (χ0v) is 19.6. The van der Waals surface area contributed by atoms with E-state index in [1.807, 2.05) is 35.8 Å². The Labute approximate surface area is 190 Å². The Morgan fingerprint density at radius 1 is 1.17 bits per heavy atom. The number of nitrogens with zero attached hydrogens (tertiary/aromatic N) is 5. The van der Waals surface area contributed by atoms with E-state index in [2.05, 4.69) is 25.4 Å². The number of likely N-dealkylation sites (tertiary alicyclic amines) is 1. The van der Waals surface area contributed by atoms with E-state index < -0.39 is 0 Å². The van der Waals surface area contributed by atoms with E-state index in [-0.39, 0.29) is 24.0 Å². The number of hydrogen-bond acceptors (Lipinski definition) is 4. The Balaban J connectivity index is 0.00000240. The van der Waals surface area contributed by atoms with Gasteiger partial charge in [0.25, 0.3) is 0 Å². The molecule has 3 heterocycles. The van der Waals surface area contributed by atoms with Gasteiger partial charge in [0, 0.05) is 45.9 Å². The Morgan fingerprint density at radius 2 is 1.97 bits per heavy atom. The third-order valence-corrected chi connectivity index (χ3v) is 6.01. The molecule has 160 valence electrons. The topological polar surface area (TPSA) is 67.0 Å². The Hall–Kier alpha value is -1.42. The molecule has 0 spiro atoms. The number of pyridine rings is 1. The second-order valence-electron chi connectivity index (χ2n) is 7.94. The van der Waals surface area contributed by atoms with Crippen LogP contribution in [0.4, 0.5) is 0 Å². The molecule has 8 heteroatoms. The van der Waals surface area contributed by atoms with Crippen molar-refractivity contribution in [2.24, 2.45) is 10.9 Å². The normalized spacial score (nSPS) is 18.9. The molecule has 0 atom stereocenters. The van der Waals surface area contributed by atoms with Gasteiger partial charge in [-0.25, -0.2) is 0 Å². The van der Waals surface area contributed by atoms with Gasteiger partial charge in [0.15, 0.2) is 11.6 Å². The van der Waals surface area contributed by atoms with E-state index in [4.69, 9.17) is 4.74 Å². The van der Waals surface area contributed by atoms with Crippen LogP contribution in [0.25, 0.3) is 5.65 Å². The maximum Gasteiger partial charge on any atom is 0.193 e. The highest BCUT2D eigenvalue weighted by Gasteiger charge is 2.23. The van der Waals surface area contributed by atoms with Crippen molar-refractivity contribution >= 4 is 35.6 Å². The minimum Gasteiger partial charge on any atom is -0.378 e. The fourth-order valence-corrected chi connectivity index (χ4v) is 4.36. The van der Waals surface area contributed by atoms with Crippen LogP contribution in [0.2, 0.25) is 0 Å². The average Bonchev–Trinajstić information content (AvgIpc) is 3.40. The van der Waals surface area contributed by atoms with Crippen LogP contribution in [0.5, 0.6) is 0 Å². The summed E-state index contributed by atoms with van der Waals surface area (Å²) in [6.07, 6.45) is 10.9. The van der Waals surface area contributed by atoms with Crippen LogP contribution in [0.1, 0.15) is 44.3 Å². The number of hydrogen-bond donors (Lipinski definition) is 1. The minimum absolute atomic E-state index is 0. The predicted octanol–water partition coefficient (Wildman–Crippen LogP) is 3.14. The van der Waals surface area contributed by atoms with Crippen molar-refractivity contribution < 1.29 is 4.74 Å². The molecule has 2 aromatic heterocycles. The number of nitrogens with one attached hydrogen (secondary N) is 1. The molecule has 1 aliphatic carbocycles. The number of piperidine rings is 1. The molecule has 0 amide bonds. The standard InChI is InChI=1S/C21H32N6O.HI/c1-22-21(23-12-9-20-25-24-19-8-4-5-13-27(19)20)26-14-10-18(11-15-26)28-16-17-6-2-3-7-17;/h4-5,8,13,17-18H,2-3,6-7,9-12,14-16H2,1H3,(H,22,23);1H. The quantitative estimate of drug-likeness (QED) is 0.366. The molecular weight excluding hydrogens is 479 g/mol. The number of aromatic nitrogens is 3. The zero-order valence-electron chi connectivity index (χ0n) is 17.3. The summed E-state index contributed by atoms with van der Waals surface area (Å²) in [6.45, 7) is 3.76. The summed E-state index contributed by atoms with van der Waals surface area (Å²) in [4.78, 5) is 6.82. The highest BCUT2D eigenvalue weighted by atomic mass is 127. The molecule has 4 rings (SSSR count). The zero-order chi connectivity index (χ0) is 19.2. The van der Waals surface area contributed by atoms with Crippen LogP contribution in [0.15, 0.2) is 29.4 Å². The summed E-state index contributed by atoms with van der Waals surface area (Å²) in [5, 5.41) is 12.0. The fourth-order valence-electron chi connectivity index (χ4n) is 4.36. The van der Waals surface area contributed by atoms with Gasteiger partial charge in [-0.15, -0.1) is 34.2 Å². The molecule has 0 aromatic carbocycles. The van der Waals surface area contributed by atoms with Gasteiger partial charge >= 0.3 is 0 Å². The highest BCUT2D eigenvalue weighted by Crippen LogP contribution is 2.26. The van der Waals surface area contributed by atoms with Crippen molar-refractivity contribution in [3.63, 3.8) is 0 Å². The van der Waals surface area contributed by atoms with Crippen molar-refractivity contribution in [2.75, 3.05) is 33.3 Å². The highest BCUT2D eigenvalue weighted by molar-refractivity contribution is 14.0. The van der Waals surface area contributed by atoms with Crippen LogP contribution in [0, 0.1) is 5.92 Å². The number of aliphatic imine (C=N–C) groups is 1. The van der Waals surface area contributed by atoms with E-state index in [9.17, 15) is 0 Å². The lowest BCUT2D eigenvalue weighted by molar-refractivity contribution is 0.00103. The molecule has 0 unspecified atom stereocenters. The summed E-state index contributed by atoms with van der Waals surface area (Å²) in [5.74, 6) is 2.75. The lowest BCUT2D eigenvalue weighted by Crippen LogP contribution is -2.47. The van der Waals surface area contributed by atoms with Crippen molar-refractivity contribution in [1.82, 2.24) is 24.8 Å². The fraction of sp³-hybridized carbons (Fsp3) is 0.667. The molecule has 1 saturated carbocycles. The smallest absolute Gasteiger partial charge is 0.193 e. The van der Waals surface area contributed by atoms with Crippen molar-refractivity contribution in [2.45, 2.75) is 51.0 Å². The van der Waals surface area contributed by atoms with Crippen LogP contribution >= 0.6 is 24.0 Å². The number of halogens is 1. The van der Waals surface area contributed by atoms with Gasteiger partial charge in [-0.1, -0.05) is 18.9 Å². The maximum atomic E-state index is 6.19. The van der Waals surface area contributed by atoms with Crippen molar-refractivity contribution in [3.05, 3.63) is 30.2 Å². The maximum absolute atomic E-state index is 6.19. The monoisotopic (exact) mass is 512 g/mol. The molecular formula is C21H33IN6O. The van der Waals surface area contributed by atoms with Gasteiger partial charge in [0.05, 0.1) is 6.10 Å².